The van der Waals surface area contributed by atoms with Crippen LogP contribution < -0.4 is 5.32 Å². The fourth-order valence-corrected chi connectivity index (χ4v) is 2.40. The fraction of sp³-hybridized carbons (Fsp3) is 1.00. The first kappa shape index (κ1) is 10.4. The normalized spacial score (nSPS) is 36.4. The lowest BCUT2D eigenvalue weighted by atomic mass is 9.91. The van der Waals surface area contributed by atoms with Gasteiger partial charge in [0.2, 0.25) is 0 Å². The van der Waals surface area contributed by atoms with Gasteiger partial charge in [-0.05, 0) is 19.3 Å². The van der Waals surface area contributed by atoms with Crippen LogP contribution in [0.15, 0.2) is 0 Å². The van der Waals surface area contributed by atoms with E-state index < -0.39 is 0 Å². The van der Waals surface area contributed by atoms with Gasteiger partial charge < -0.3 is 14.8 Å². The predicted molar refractivity (Wildman–Crippen MR) is 55.4 cm³/mol. The van der Waals surface area contributed by atoms with Crippen molar-refractivity contribution in [3.63, 3.8) is 0 Å². The Labute approximate surface area is 86.2 Å². The van der Waals surface area contributed by atoms with Gasteiger partial charge in [-0.25, -0.2) is 0 Å². The molecule has 14 heavy (non-hydrogen) atoms. The molecule has 0 saturated carbocycles. The molecule has 2 saturated heterocycles. The predicted octanol–water partition coefficient (Wildman–Crippen LogP) is 1.32. The van der Waals surface area contributed by atoms with E-state index in [1.165, 1.54) is 0 Å². The molecule has 0 aromatic heterocycles. The number of ether oxygens (including phenoxy) is 2. The molecule has 2 heterocycles. The monoisotopic (exact) mass is 199 g/mol. The average molecular weight is 199 g/mol. The molecule has 2 rings (SSSR count). The standard InChI is InChI=1S/C11H21NO2/c1-3-11(4-2)8-12-9-7-13-6-5-10(9)14-11/h9-10,12H,3-8H2,1-2H3. The lowest BCUT2D eigenvalue weighted by Gasteiger charge is -2.46. The van der Waals surface area contributed by atoms with Crippen LogP contribution in [0.1, 0.15) is 33.1 Å². The highest BCUT2D eigenvalue weighted by Crippen LogP contribution is 2.29. The molecule has 0 bridgehead atoms. The number of fused-ring (bicyclic) bond motifs is 1. The Morgan fingerprint density at radius 3 is 2.86 bits per heavy atom. The minimum Gasteiger partial charge on any atom is -0.380 e. The highest BCUT2D eigenvalue weighted by molar-refractivity contribution is 4.93. The molecule has 2 aliphatic rings. The Morgan fingerprint density at radius 2 is 2.14 bits per heavy atom. The van der Waals surface area contributed by atoms with Gasteiger partial charge in [-0.2, -0.15) is 0 Å². The molecule has 0 aliphatic carbocycles. The molecule has 0 spiro atoms. The van der Waals surface area contributed by atoms with Crippen molar-refractivity contribution in [2.45, 2.75) is 50.9 Å². The van der Waals surface area contributed by atoms with Crippen molar-refractivity contribution in [2.75, 3.05) is 19.8 Å². The Bertz CT molecular complexity index is 192. The van der Waals surface area contributed by atoms with Crippen LogP contribution in [0.2, 0.25) is 0 Å². The molecule has 2 aliphatic heterocycles. The maximum Gasteiger partial charge on any atom is 0.0805 e. The second kappa shape index (κ2) is 4.17. The van der Waals surface area contributed by atoms with Gasteiger partial charge in [-0.15, -0.1) is 0 Å². The Balaban J connectivity index is 2.01. The third kappa shape index (κ3) is 1.81. The van der Waals surface area contributed by atoms with E-state index in [2.05, 4.69) is 19.2 Å². The smallest absolute Gasteiger partial charge is 0.0805 e. The SMILES string of the molecule is CCC1(CC)CNC2COCCC2O1. The zero-order chi connectivity index (χ0) is 10.0. The first-order valence-corrected chi connectivity index (χ1v) is 5.78. The second-order valence-electron chi connectivity index (χ2n) is 4.40. The summed E-state index contributed by atoms with van der Waals surface area (Å²) in [5.74, 6) is 0. The summed E-state index contributed by atoms with van der Waals surface area (Å²) >= 11 is 0. The van der Waals surface area contributed by atoms with E-state index >= 15 is 0 Å². The molecule has 0 aromatic carbocycles. The minimum absolute atomic E-state index is 0.0819. The Morgan fingerprint density at radius 1 is 1.36 bits per heavy atom. The van der Waals surface area contributed by atoms with Crippen molar-refractivity contribution in [1.82, 2.24) is 5.32 Å². The van der Waals surface area contributed by atoms with Crippen molar-refractivity contribution in [1.29, 1.82) is 0 Å². The molecule has 3 nitrogen and oxygen atoms in total. The number of morpholine rings is 1. The molecule has 2 atom stereocenters. The van der Waals surface area contributed by atoms with Gasteiger partial charge in [0.1, 0.15) is 0 Å². The van der Waals surface area contributed by atoms with Crippen LogP contribution in [0.5, 0.6) is 0 Å². The van der Waals surface area contributed by atoms with Crippen LogP contribution in [0.25, 0.3) is 0 Å². The number of hydrogen-bond acceptors (Lipinski definition) is 3. The third-order valence-corrected chi connectivity index (χ3v) is 3.67. The van der Waals surface area contributed by atoms with E-state index in [1.54, 1.807) is 0 Å². The van der Waals surface area contributed by atoms with Gasteiger partial charge in [0, 0.05) is 13.2 Å². The van der Waals surface area contributed by atoms with Crippen molar-refractivity contribution in [2.24, 2.45) is 0 Å². The summed E-state index contributed by atoms with van der Waals surface area (Å²) in [6.07, 6.45) is 3.61. The maximum absolute atomic E-state index is 6.23. The van der Waals surface area contributed by atoms with Crippen LogP contribution in [-0.4, -0.2) is 37.5 Å². The lowest BCUT2D eigenvalue weighted by Crippen LogP contribution is -2.61. The van der Waals surface area contributed by atoms with E-state index in [-0.39, 0.29) is 5.60 Å². The second-order valence-corrected chi connectivity index (χ2v) is 4.40. The van der Waals surface area contributed by atoms with E-state index in [1.807, 2.05) is 0 Å². The molecule has 0 radical (unpaired) electrons. The Kier molecular flexibility index (Phi) is 3.10. The van der Waals surface area contributed by atoms with E-state index in [9.17, 15) is 0 Å². The van der Waals surface area contributed by atoms with Gasteiger partial charge >= 0.3 is 0 Å². The quantitative estimate of drug-likeness (QED) is 0.727. The van der Waals surface area contributed by atoms with E-state index in [0.29, 0.717) is 12.1 Å². The maximum atomic E-state index is 6.23. The molecule has 1 N–H and O–H groups in total. The molecule has 0 aromatic rings. The number of hydrogen-bond donors (Lipinski definition) is 1. The van der Waals surface area contributed by atoms with Crippen molar-refractivity contribution in [3.8, 4) is 0 Å². The van der Waals surface area contributed by atoms with Crippen LogP contribution in [-0.2, 0) is 9.47 Å². The molecule has 2 fully saturated rings. The highest BCUT2D eigenvalue weighted by atomic mass is 16.5. The van der Waals surface area contributed by atoms with Gasteiger partial charge in [0.05, 0.1) is 24.4 Å². The summed E-state index contributed by atoms with van der Waals surface area (Å²) < 4.78 is 11.7. The topological polar surface area (TPSA) is 30.5 Å². The van der Waals surface area contributed by atoms with Gasteiger partial charge in [0.15, 0.2) is 0 Å². The molecule has 3 heteroatoms. The number of rotatable bonds is 2. The first-order chi connectivity index (χ1) is 6.79. The van der Waals surface area contributed by atoms with Gasteiger partial charge in [0.25, 0.3) is 0 Å². The van der Waals surface area contributed by atoms with Crippen LogP contribution in [0.4, 0.5) is 0 Å². The summed E-state index contributed by atoms with van der Waals surface area (Å²) in [5.41, 5.74) is 0.0819. The highest BCUT2D eigenvalue weighted by Gasteiger charge is 2.40. The summed E-state index contributed by atoms with van der Waals surface area (Å²) in [6.45, 7) is 7.07. The van der Waals surface area contributed by atoms with Crippen LogP contribution in [0.3, 0.4) is 0 Å². The zero-order valence-electron chi connectivity index (χ0n) is 9.21. The van der Waals surface area contributed by atoms with Crippen molar-refractivity contribution < 1.29 is 9.47 Å². The fourth-order valence-electron chi connectivity index (χ4n) is 2.40. The zero-order valence-corrected chi connectivity index (χ0v) is 9.21. The van der Waals surface area contributed by atoms with Crippen LogP contribution in [0, 0.1) is 0 Å². The third-order valence-electron chi connectivity index (χ3n) is 3.67. The Hall–Kier alpha value is -0.120. The summed E-state index contributed by atoms with van der Waals surface area (Å²) in [5, 5.41) is 3.56. The molecule has 2 unspecified atom stereocenters. The first-order valence-electron chi connectivity index (χ1n) is 5.78. The summed E-state index contributed by atoms with van der Waals surface area (Å²) in [4.78, 5) is 0. The summed E-state index contributed by atoms with van der Waals surface area (Å²) in [6, 6.07) is 0.426. The molecular formula is C11H21NO2. The lowest BCUT2D eigenvalue weighted by molar-refractivity contribution is -0.170. The van der Waals surface area contributed by atoms with E-state index in [4.69, 9.17) is 9.47 Å². The summed E-state index contributed by atoms with van der Waals surface area (Å²) in [7, 11) is 0. The van der Waals surface area contributed by atoms with Gasteiger partial charge in [-0.3, -0.25) is 0 Å². The van der Waals surface area contributed by atoms with E-state index in [0.717, 1.165) is 39.0 Å². The average Bonchev–Trinajstić information content (AvgIpc) is 2.28. The number of nitrogens with one attached hydrogen (secondary N) is 1. The van der Waals surface area contributed by atoms with Crippen LogP contribution >= 0.6 is 0 Å². The molecule has 82 valence electrons. The molecule has 0 amide bonds. The van der Waals surface area contributed by atoms with Crippen molar-refractivity contribution >= 4 is 0 Å². The molecular weight excluding hydrogens is 178 g/mol. The minimum atomic E-state index is 0.0819. The van der Waals surface area contributed by atoms with Crippen molar-refractivity contribution in [3.05, 3.63) is 0 Å². The largest absolute Gasteiger partial charge is 0.380 e. The van der Waals surface area contributed by atoms with Gasteiger partial charge in [-0.1, -0.05) is 13.8 Å².